The van der Waals surface area contributed by atoms with Gasteiger partial charge in [0.1, 0.15) is 4.88 Å². The molecule has 0 aliphatic carbocycles. The van der Waals surface area contributed by atoms with Crippen LogP contribution < -0.4 is 5.32 Å². The van der Waals surface area contributed by atoms with Gasteiger partial charge >= 0.3 is 0 Å². The summed E-state index contributed by atoms with van der Waals surface area (Å²) in [6, 6.07) is 4.69. The summed E-state index contributed by atoms with van der Waals surface area (Å²) in [4.78, 5) is 16.4. The minimum absolute atomic E-state index is 0.0665. The fourth-order valence-electron chi connectivity index (χ4n) is 2.96. The maximum atomic E-state index is 12.0. The topological polar surface area (TPSA) is 58.1 Å². The minimum Gasteiger partial charge on any atom is -0.351 e. The molecule has 1 N–H and O–H groups in total. The number of rotatable bonds is 4. The van der Waals surface area contributed by atoms with Crippen LogP contribution in [-0.2, 0) is 0 Å². The lowest BCUT2D eigenvalue weighted by molar-refractivity contribution is 0.0899. The van der Waals surface area contributed by atoms with Gasteiger partial charge in [0.25, 0.3) is 5.91 Å². The fraction of sp³-hybridized carbons (Fsp3) is 0.500. The van der Waals surface area contributed by atoms with Gasteiger partial charge in [-0.3, -0.25) is 9.69 Å². The van der Waals surface area contributed by atoms with Crippen LogP contribution in [0.5, 0.6) is 0 Å². The molecule has 0 radical (unpaired) electrons. The van der Waals surface area contributed by atoms with E-state index in [4.69, 9.17) is 0 Å². The van der Waals surface area contributed by atoms with Gasteiger partial charge < -0.3 is 5.32 Å². The lowest BCUT2D eigenvalue weighted by atomic mass is 9.88. The van der Waals surface area contributed by atoms with E-state index in [0.717, 1.165) is 24.5 Å². The Morgan fingerprint density at radius 3 is 3.19 bits per heavy atom. The van der Waals surface area contributed by atoms with Gasteiger partial charge in [-0.15, -0.1) is 16.4 Å². The lowest BCUT2D eigenvalue weighted by Crippen LogP contribution is -2.41. The Kier molecular flexibility index (Phi) is 4.62. The van der Waals surface area contributed by atoms with Crippen molar-refractivity contribution in [2.45, 2.75) is 18.9 Å². The Bertz CT molecular complexity index is 570. The zero-order chi connectivity index (χ0) is 14.7. The molecule has 1 aliphatic heterocycles. The van der Waals surface area contributed by atoms with Gasteiger partial charge in [0.2, 0.25) is 0 Å². The van der Waals surface area contributed by atoms with Crippen LogP contribution in [0.4, 0.5) is 0 Å². The normalized spacial score (nSPS) is 23.1. The quantitative estimate of drug-likeness (QED) is 0.939. The van der Waals surface area contributed by atoms with Crippen LogP contribution in [0.25, 0.3) is 0 Å². The highest BCUT2D eigenvalue weighted by molar-refractivity contribution is 7.10. The van der Waals surface area contributed by atoms with Gasteiger partial charge in [0.15, 0.2) is 0 Å². The van der Waals surface area contributed by atoms with Crippen molar-refractivity contribution < 1.29 is 4.79 Å². The zero-order valence-electron chi connectivity index (χ0n) is 11.9. The van der Waals surface area contributed by atoms with E-state index in [1.54, 1.807) is 11.3 Å². The van der Waals surface area contributed by atoms with Crippen LogP contribution in [0, 0.1) is 5.92 Å². The number of carbonyl (C=O) groups excluding carboxylic acids is 1. The van der Waals surface area contributed by atoms with Crippen molar-refractivity contribution in [3.8, 4) is 0 Å². The molecule has 21 heavy (non-hydrogen) atoms. The summed E-state index contributed by atoms with van der Waals surface area (Å²) in [6.45, 7) is 1.81. The Hall–Kier alpha value is -1.31. The number of piperidine rings is 1. The molecule has 7 heteroatoms. The number of nitrogens with zero attached hydrogens (tertiary/aromatic N) is 3. The largest absolute Gasteiger partial charge is 0.351 e. The Labute approximate surface area is 132 Å². The molecule has 2 aromatic rings. The van der Waals surface area contributed by atoms with Gasteiger partial charge in [-0.2, -0.15) is 0 Å². The maximum Gasteiger partial charge on any atom is 0.264 e. The monoisotopic (exact) mass is 322 g/mol. The van der Waals surface area contributed by atoms with Gasteiger partial charge in [-0.05, 0) is 55.3 Å². The number of carbonyl (C=O) groups is 1. The number of aromatic nitrogens is 2. The predicted molar refractivity (Wildman–Crippen MR) is 84.7 cm³/mol. The standard InChI is InChI=1S/C14H18N4OS2/c1-18-6-2-4-10(13(18)11-5-3-7-20-11)8-15-14(19)12-9-16-17-21-12/h3,5,7,9-10,13H,2,4,6,8H2,1H3,(H,15,19)/t10-,13-/m1/s1. The molecule has 0 saturated carbocycles. The smallest absolute Gasteiger partial charge is 0.264 e. The third-order valence-electron chi connectivity index (χ3n) is 3.95. The van der Waals surface area contributed by atoms with E-state index < -0.39 is 0 Å². The molecule has 1 saturated heterocycles. The molecule has 2 aromatic heterocycles. The maximum absolute atomic E-state index is 12.0. The molecular formula is C14H18N4OS2. The van der Waals surface area contributed by atoms with Gasteiger partial charge in [0.05, 0.1) is 6.20 Å². The van der Waals surface area contributed by atoms with Crippen LogP contribution in [0.2, 0.25) is 0 Å². The van der Waals surface area contributed by atoms with Crippen LogP contribution >= 0.6 is 22.9 Å². The minimum atomic E-state index is -0.0665. The molecule has 0 unspecified atom stereocenters. The second-order valence-corrected chi connectivity index (χ2v) is 7.10. The first-order valence-corrected chi connectivity index (χ1v) is 8.70. The number of amides is 1. The molecule has 2 atom stereocenters. The first-order valence-electron chi connectivity index (χ1n) is 7.05. The van der Waals surface area contributed by atoms with E-state index in [2.05, 4.69) is 44.4 Å². The summed E-state index contributed by atoms with van der Waals surface area (Å²) in [6.07, 6.45) is 3.85. The molecule has 1 fully saturated rings. The molecule has 1 aliphatic rings. The third-order valence-corrected chi connectivity index (χ3v) is 5.56. The van der Waals surface area contributed by atoms with Crippen molar-refractivity contribution in [3.63, 3.8) is 0 Å². The lowest BCUT2D eigenvalue weighted by Gasteiger charge is -2.38. The molecule has 0 spiro atoms. The van der Waals surface area contributed by atoms with Crippen molar-refractivity contribution in [1.29, 1.82) is 0 Å². The van der Waals surface area contributed by atoms with Crippen molar-refractivity contribution in [1.82, 2.24) is 19.8 Å². The van der Waals surface area contributed by atoms with Gasteiger partial charge in [-0.1, -0.05) is 10.6 Å². The summed E-state index contributed by atoms with van der Waals surface area (Å²) in [5.41, 5.74) is 0. The van der Waals surface area contributed by atoms with Crippen LogP contribution in [0.1, 0.15) is 33.4 Å². The van der Waals surface area contributed by atoms with Crippen molar-refractivity contribution in [2.24, 2.45) is 5.92 Å². The average Bonchev–Trinajstić information content (AvgIpc) is 3.17. The SMILES string of the molecule is CN1CCC[C@H](CNC(=O)c2cnns2)[C@@H]1c1cccs1. The second-order valence-electron chi connectivity index (χ2n) is 5.33. The van der Waals surface area contributed by atoms with Crippen LogP contribution in [0.15, 0.2) is 23.7 Å². The molecule has 0 bridgehead atoms. The Balaban J connectivity index is 1.66. The predicted octanol–water partition coefficient (Wildman–Crippen LogP) is 2.41. The number of nitrogens with one attached hydrogen (secondary N) is 1. The third kappa shape index (κ3) is 3.30. The number of likely N-dealkylation sites (tertiary alicyclic amines) is 1. The highest BCUT2D eigenvalue weighted by atomic mass is 32.1. The highest BCUT2D eigenvalue weighted by Crippen LogP contribution is 2.36. The first kappa shape index (κ1) is 14.6. The van der Waals surface area contributed by atoms with Gasteiger partial charge in [-0.25, -0.2) is 0 Å². The molecule has 3 rings (SSSR count). The van der Waals surface area contributed by atoms with Crippen molar-refractivity contribution in [3.05, 3.63) is 33.5 Å². The van der Waals surface area contributed by atoms with Crippen molar-refractivity contribution in [2.75, 3.05) is 20.1 Å². The Morgan fingerprint density at radius 2 is 2.48 bits per heavy atom. The van der Waals surface area contributed by atoms with E-state index in [0.29, 0.717) is 23.4 Å². The molecule has 0 aromatic carbocycles. The fourth-order valence-corrected chi connectivity index (χ4v) is 4.38. The van der Waals surface area contributed by atoms with E-state index in [1.165, 1.54) is 17.5 Å². The number of thiophene rings is 1. The van der Waals surface area contributed by atoms with E-state index in [1.807, 2.05) is 0 Å². The molecule has 1 amide bonds. The van der Waals surface area contributed by atoms with E-state index >= 15 is 0 Å². The zero-order valence-corrected chi connectivity index (χ0v) is 13.5. The second kappa shape index (κ2) is 6.64. The summed E-state index contributed by atoms with van der Waals surface area (Å²) >= 11 is 2.93. The summed E-state index contributed by atoms with van der Waals surface area (Å²) in [5.74, 6) is 0.385. The Morgan fingerprint density at radius 1 is 1.57 bits per heavy atom. The summed E-state index contributed by atoms with van der Waals surface area (Å²) in [5, 5.41) is 8.86. The van der Waals surface area contributed by atoms with E-state index in [-0.39, 0.29) is 5.91 Å². The van der Waals surface area contributed by atoms with Gasteiger partial charge in [0, 0.05) is 17.5 Å². The average molecular weight is 322 g/mol. The molecule has 112 valence electrons. The van der Waals surface area contributed by atoms with Crippen LogP contribution in [-0.4, -0.2) is 40.5 Å². The first-order chi connectivity index (χ1) is 10.3. The number of hydrogen-bond donors (Lipinski definition) is 1. The highest BCUT2D eigenvalue weighted by Gasteiger charge is 2.31. The summed E-state index contributed by atoms with van der Waals surface area (Å²) in [7, 11) is 2.17. The van der Waals surface area contributed by atoms with E-state index in [9.17, 15) is 4.79 Å². The molecular weight excluding hydrogens is 304 g/mol. The van der Waals surface area contributed by atoms with Crippen LogP contribution in [0.3, 0.4) is 0 Å². The number of hydrogen-bond acceptors (Lipinski definition) is 6. The van der Waals surface area contributed by atoms with Crippen molar-refractivity contribution >= 4 is 28.8 Å². The summed E-state index contributed by atoms with van der Waals surface area (Å²) < 4.78 is 3.73. The molecule has 5 nitrogen and oxygen atoms in total. The molecule has 3 heterocycles.